The molecule has 0 bridgehead atoms. The molecule has 1 fully saturated rings. The lowest BCUT2D eigenvalue weighted by atomic mass is 9.85. The number of carbonyl (C=O) groups excluding carboxylic acids is 1. The van der Waals surface area contributed by atoms with E-state index in [0.29, 0.717) is 13.0 Å². The first-order chi connectivity index (χ1) is 8.77. The zero-order chi connectivity index (χ0) is 14.6. The number of nitrogens with zero attached hydrogens (tertiary/aromatic N) is 1. The van der Waals surface area contributed by atoms with Gasteiger partial charge in [-0.2, -0.15) is 0 Å². The van der Waals surface area contributed by atoms with Crippen molar-refractivity contribution < 1.29 is 24.5 Å². The third kappa shape index (κ3) is 3.81. The van der Waals surface area contributed by atoms with E-state index in [1.165, 1.54) is 4.90 Å². The van der Waals surface area contributed by atoms with Gasteiger partial charge in [0.2, 0.25) is 0 Å². The largest absolute Gasteiger partial charge is 0.481 e. The maximum atomic E-state index is 11.9. The number of hydrogen-bond acceptors (Lipinski definition) is 4. The van der Waals surface area contributed by atoms with E-state index in [1.54, 1.807) is 20.9 Å². The molecular formula is C12H22N2O5. The van der Waals surface area contributed by atoms with Crippen molar-refractivity contribution in [2.75, 3.05) is 26.8 Å². The normalized spacial score (nSPS) is 27.9. The number of urea groups is 1. The number of aliphatic hydroxyl groups is 1. The number of aliphatic hydroxyl groups excluding tert-OH is 1. The summed E-state index contributed by atoms with van der Waals surface area (Å²) < 4.78 is 5.16. The standard InChI is InChI=1S/C12H22N2O5/c1-8(15)4-5-14(3)11(18)13-9-6-19-7-12(9,2)10(16)17/h8-9,15H,4-7H2,1-3H3,(H,13,18)(H,16,17). The zero-order valence-corrected chi connectivity index (χ0v) is 11.5. The predicted octanol–water partition coefficient (Wildman–Crippen LogP) is -0.112. The molecule has 0 saturated carbocycles. The maximum absolute atomic E-state index is 11.9. The molecule has 1 heterocycles. The Labute approximate surface area is 112 Å². The fourth-order valence-electron chi connectivity index (χ4n) is 1.83. The first-order valence-electron chi connectivity index (χ1n) is 6.28. The third-order valence-corrected chi connectivity index (χ3v) is 3.47. The van der Waals surface area contributed by atoms with E-state index in [1.807, 2.05) is 0 Å². The molecule has 110 valence electrons. The van der Waals surface area contributed by atoms with E-state index < -0.39 is 23.5 Å². The Kier molecular flexibility index (Phi) is 5.13. The van der Waals surface area contributed by atoms with Gasteiger partial charge in [-0.15, -0.1) is 0 Å². The van der Waals surface area contributed by atoms with Crippen LogP contribution in [-0.2, 0) is 9.53 Å². The smallest absolute Gasteiger partial charge is 0.317 e. The molecule has 3 unspecified atom stereocenters. The number of carboxylic acids is 1. The van der Waals surface area contributed by atoms with E-state index in [-0.39, 0.29) is 19.2 Å². The molecule has 3 atom stereocenters. The maximum Gasteiger partial charge on any atom is 0.317 e. The number of rotatable bonds is 5. The molecule has 7 nitrogen and oxygen atoms in total. The second-order valence-electron chi connectivity index (χ2n) is 5.30. The van der Waals surface area contributed by atoms with E-state index in [0.717, 1.165) is 0 Å². The van der Waals surface area contributed by atoms with Crippen LogP contribution in [0.2, 0.25) is 0 Å². The van der Waals surface area contributed by atoms with Crippen molar-refractivity contribution >= 4 is 12.0 Å². The molecule has 1 saturated heterocycles. The van der Waals surface area contributed by atoms with E-state index in [4.69, 9.17) is 9.84 Å². The number of aliphatic carboxylic acids is 1. The Morgan fingerprint density at radius 2 is 2.21 bits per heavy atom. The van der Waals surface area contributed by atoms with Gasteiger partial charge in [-0.05, 0) is 20.3 Å². The highest BCUT2D eigenvalue weighted by molar-refractivity contribution is 5.79. The molecule has 1 aliphatic rings. The highest BCUT2D eigenvalue weighted by Gasteiger charge is 2.47. The van der Waals surface area contributed by atoms with Crippen LogP contribution >= 0.6 is 0 Å². The zero-order valence-electron chi connectivity index (χ0n) is 11.5. The van der Waals surface area contributed by atoms with Crippen LogP contribution < -0.4 is 5.32 Å². The summed E-state index contributed by atoms with van der Waals surface area (Å²) in [6, 6.07) is -0.907. The number of carbonyl (C=O) groups is 2. The molecule has 0 radical (unpaired) electrons. The predicted molar refractivity (Wildman–Crippen MR) is 67.8 cm³/mol. The minimum absolute atomic E-state index is 0.0880. The van der Waals surface area contributed by atoms with Gasteiger partial charge in [-0.3, -0.25) is 4.79 Å². The van der Waals surface area contributed by atoms with Crippen LogP contribution in [0.5, 0.6) is 0 Å². The number of hydrogen-bond donors (Lipinski definition) is 3. The Hall–Kier alpha value is -1.34. The number of amides is 2. The Morgan fingerprint density at radius 3 is 2.74 bits per heavy atom. The summed E-state index contributed by atoms with van der Waals surface area (Å²) in [6.07, 6.45) is -0.00396. The molecule has 0 aromatic rings. The first-order valence-corrected chi connectivity index (χ1v) is 6.28. The van der Waals surface area contributed by atoms with Crippen LogP contribution in [-0.4, -0.2) is 66.1 Å². The molecule has 3 N–H and O–H groups in total. The highest BCUT2D eigenvalue weighted by atomic mass is 16.5. The van der Waals surface area contributed by atoms with Crippen molar-refractivity contribution in [1.29, 1.82) is 0 Å². The van der Waals surface area contributed by atoms with Crippen molar-refractivity contribution in [3.63, 3.8) is 0 Å². The minimum atomic E-state index is -1.10. The van der Waals surface area contributed by atoms with Crippen molar-refractivity contribution in [2.45, 2.75) is 32.4 Å². The molecule has 1 rings (SSSR count). The van der Waals surface area contributed by atoms with Gasteiger partial charge in [-0.25, -0.2) is 4.79 Å². The molecule has 0 spiro atoms. The molecule has 7 heteroatoms. The summed E-state index contributed by atoms with van der Waals surface area (Å²) in [6.45, 7) is 3.89. The Balaban J connectivity index is 2.54. The van der Waals surface area contributed by atoms with Crippen molar-refractivity contribution in [1.82, 2.24) is 10.2 Å². The molecule has 0 aliphatic carbocycles. The third-order valence-electron chi connectivity index (χ3n) is 3.47. The molecule has 1 aliphatic heterocycles. The summed E-state index contributed by atoms with van der Waals surface area (Å²) in [7, 11) is 1.60. The van der Waals surface area contributed by atoms with Crippen LogP contribution in [0.1, 0.15) is 20.3 Å². The van der Waals surface area contributed by atoms with Gasteiger partial charge < -0.3 is 25.2 Å². The van der Waals surface area contributed by atoms with Crippen LogP contribution in [0.15, 0.2) is 0 Å². The van der Waals surface area contributed by atoms with Gasteiger partial charge in [0.05, 0.1) is 25.4 Å². The molecular weight excluding hydrogens is 252 g/mol. The second-order valence-corrected chi connectivity index (χ2v) is 5.30. The van der Waals surface area contributed by atoms with Gasteiger partial charge in [0.15, 0.2) is 0 Å². The lowest BCUT2D eigenvalue weighted by molar-refractivity contribution is -0.148. The van der Waals surface area contributed by atoms with E-state index in [2.05, 4.69) is 5.32 Å². The quantitative estimate of drug-likeness (QED) is 0.649. The monoisotopic (exact) mass is 274 g/mol. The summed E-state index contributed by atoms with van der Waals surface area (Å²) in [4.78, 5) is 24.6. The Morgan fingerprint density at radius 1 is 1.58 bits per heavy atom. The average Bonchev–Trinajstić information content (AvgIpc) is 2.69. The fourth-order valence-corrected chi connectivity index (χ4v) is 1.83. The van der Waals surface area contributed by atoms with Crippen LogP contribution in [0, 0.1) is 5.41 Å². The summed E-state index contributed by atoms with van der Waals surface area (Å²) in [5.41, 5.74) is -1.10. The number of carboxylic acid groups (broad SMARTS) is 1. The molecule has 19 heavy (non-hydrogen) atoms. The Bertz CT molecular complexity index is 347. The lowest BCUT2D eigenvalue weighted by Crippen LogP contribution is -2.52. The van der Waals surface area contributed by atoms with E-state index >= 15 is 0 Å². The van der Waals surface area contributed by atoms with Gasteiger partial charge in [-0.1, -0.05) is 0 Å². The summed E-state index contributed by atoms with van der Waals surface area (Å²) >= 11 is 0. The van der Waals surface area contributed by atoms with Gasteiger partial charge in [0.25, 0.3) is 0 Å². The van der Waals surface area contributed by atoms with Gasteiger partial charge >= 0.3 is 12.0 Å². The van der Waals surface area contributed by atoms with Crippen LogP contribution in [0.3, 0.4) is 0 Å². The molecule has 0 aromatic carbocycles. The lowest BCUT2D eigenvalue weighted by Gasteiger charge is -2.28. The van der Waals surface area contributed by atoms with Crippen molar-refractivity contribution in [3.05, 3.63) is 0 Å². The van der Waals surface area contributed by atoms with Crippen LogP contribution in [0.25, 0.3) is 0 Å². The molecule has 0 aromatic heterocycles. The second kappa shape index (κ2) is 6.21. The van der Waals surface area contributed by atoms with Gasteiger partial charge in [0, 0.05) is 13.6 Å². The summed E-state index contributed by atoms with van der Waals surface area (Å²) in [5.74, 6) is -0.984. The van der Waals surface area contributed by atoms with Crippen molar-refractivity contribution in [3.8, 4) is 0 Å². The highest BCUT2D eigenvalue weighted by Crippen LogP contribution is 2.28. The fraction of sp³-hybridized carbons (Fsp3) is 0.833. The van der Waals surface area contributed by atoms with Crippen LogP contribution in [0.4, 0.5) is 4.79 Å². The number of nitrogens with one attached hydrogen (secondary N) is 1. The van der Waals surface area contributed by atoms with Gasteiger partial charge in [0.1, 0.15) is 5.41 Å². The molecule has 2 amide bonds. The van der Waals surface area contributed by atoms with Crippen molar-refractivity contribution in [2.24, 2.45) is 5.41 Å². The summed E-state index contributed by atoms with van der Waals surface area (Å²) in [5, 5.41) is 21.0. The minimum Gasteiger partial charge on any atom is -0.481 e. The topological polar surface area (TPSA) is 99.1 Å². The first kappa shape index (κ1) is 15.7. The van der Waals surface area contributed by atoms with E-state index in [9.17, 15) is 14.7 Å². The average molecular weight is 274 g/mol. The SMILES string of the molecule is CC(O)CCN(C)C(=O)NC1COCC1(C)C(=O)O. The number of ether oxygens (including phenoxy) is 1.